The summed E-state index contributed by atoms with van der Waals surface area (Å²) in [6, 6.07) is 4.87. The summed E-state index contributed by atoms with van der Waals surface area (Å²) in [4.78, 5) is 22.6. The highest BCUT2D eigenvalue weighted by molar-refractivity contribution is 5.93. The van der Waals surface area contributed by atoms with Crippen LogP contribution in [0.5, 0.6) is 5.75 Å². The second-order valence-electron chi connectivity index (χ2n) is 4.55. The van der Waals surface area contributed by atoms with Crippen LogP contribution in [-0.2, 0) is 9.59 Å². The Labute approximate surface area is 116 Å². The fourth-order valence-electron chi connectivity index (χ4n) is 1.62. The van der Waals surface area contributed by atoms with E-state index < -0.39 is 24.0 Å². The van der Waals surface area contributed by atoms with Gasteiger partial charge in [0.05, 0.1) is 18.5 Å². The summed E-state index contributed by atoms with van der Waals surface area (Å²) in [5.74, 6) is -1.87. The van der Waals surface area contributed by atoms with Gasteiger partial charge < -0.3 is 30.7 Å². The lowest BCUT2D eigenvalue weighted by Gasteiger charge is -2.17. The number of phenolic OH excluding ortho intramolecular Hbond substituents is 1. The predicted octanol–water partition coefficient (Wildman–Crippen LogP) is -2.22. The Balaban J connectivity index is 2.55. The molecule has 0 aromatic heterocycles. The first-order valence-electron chi connectivity index (χ1n) is 6.19. The molecule has 0 spiro atoms. The van der Waals surface area contributed by atoms with Gasteiger partial charge in [-0.15, -0.1) is 0 Å². The molecule has 0 unspecified atom stereocenters. The number of hydrogen-bond acceptors (Lipinski definition) is 5. The van der Waals surface area contributed by atoms with Gasteiger partial charge in [-0.25, -0.2) is 0 Å². The molecule has 1 aromatic carbocycles. The number of aliphatic hydroxyl groups excluding tert-OH is 1. The fourth-order valence-corrected chi connectivity index (χ4v) is 1.62. The van der Waals surface area contributed by atoms with Crippen molar-refractivity contribution in [3.63, 3.8) is 0 Å². The second kappa shape index (κ2) is 7.46. The molecule has 7 heteroatoms. The first-order chi connectivity index (χ1) is 9.38. The third kappa shape index (κ3) is 5.68. The molecule has 110 valence electrons. The maximum Gasteiger partial charge on any atom is 0.230 e. The van der Waals surface area contributed by atoms with E-state index in [9.17, 15) is 19.8 Å². The molecule has 5 N–H and O–H groups in total. The molecule has 1 amide bonds. The standard InChI is InChI=1S/C13H18N2O5/c1-8(16)7-14-11(13(19)20)6-12(18)15-9-3-2-4-10(17)5-9/h2-5,8,11,14,16-17H,6-7H2,1H3,(H,15,18)(H,19,20)/t8-,11-/m1/s1. The van der Waals surface area contributed by atoms with Crippen molar-refractivity contribution in [1.82, 2.24) is 0 Å². The van der Waals surface area contributed by atoms with Crippen molar-refractivity contribution in [1.29, 1.82) is 0 Å². The normalized spacial score (nSPS) is 13.5. The van der Waals surface area contributed by atoms with Crippen molar-refractivity contribution in [3.05, 3.63) is 24.3 Å². The molecule has 0 heterocycles. The monoisotopic (exact) mass is 282 g/mol. The van der Waals surface area contributed by atoms with Crippen LogP contribution in [0.1, 0.15) is 13.3 Å². The number of aromatic hydroxyl groups is 1. The highest BCUT2D eigenvalue weighted by Crippen LogP contribution is 2.15. The van der Waals surface area contributed by atoms with Gasteiger partial charge in [-0.3, -0.25) is 4.79 Å². The number of carboxylic acids is 1. The highest BCUT2D eigenvalue weighted by atomic mass is 16.4. The Morgan fingerprint density at radius 3 is 2.70 bits per heavy atom. The highest BCUT2D eigenvalue weighted by Gasteiger charge is 2.19. The van der Waals surface area contributed by atoms with Gasteiger partial charge in [0.2, 0.25) is 5.91 Å². The van der Waals surface area contributed by atoms with E-state index in [-0.39, 0.29) is 18.7 Å². The third-order valence-electron chi connectivity index (χ3n) is 2.60. The number of aliphatic carboxylic acids is 1. The first kappa shape index (κ1) is 15.9. The van der Waals surface area contributed by atoms with Gasteiger partial charge in [-0.05, 0) is 19.1 Å². The van der Waals surface area contributed by atoms with E-state index in [2.05, 4.69) is 5.32 Å². The van der Waals surface area contributed by atoms with Gasteiger partial charge in [0.25, 0.3) is 0 Å². The molecular weight excluding hydrogens is 264 g/mol. The summed E-state index contributed by atoms with van der Waals surface area (Å²) < 4.78 is 0. The quantitative estimate of drug-likeness (QED) is 0.451. The van der Waals surface area contributed by atoms with Crippen LogP contribution in [0, 0.1) is 0 Å². The van der Waals surface area contributed by atoms with Crippen molar-refractivity contribution in [2.45, 2.75) is 25.5 Å². The Kier molecular flexibility index (Phi) is 5.95. The van der Waals surface area contributed by atoms with E-state index in [0.29, 0.717) is 5.69 Å². The van der Waals surface area contributed by atoms with Gasteiger partial charge in [0.15, 0.2) is 0 Å². The molecule has 0 saturated carbocycles. The van der Waals surface area contributed by atoms with Crippen molar-refractivity contribution < 1.29 is 30.2 Å². The molecule has 0 bridgehead atoms. The number of nitrogens with one attached hydrogen (secondary N) is 1. The largest absolute Gasteiger partial charge is 0.544 e. The van der Waals surface area contributed by atoms with Crippen molar-refractivity contribution >= 4 is 17.6 Å². The lowest BCUT2D eigenvalue weighted by molar-refractivity contribution is -0.687. The van der Waals surface area contributed by atoms with Crippen LogP contribution in [0.3, 0.4) is 0 Å². The van der Waals surface area contributed by atoms with Crippen molar-refractivity contribution in [2.75, 3.05) is 11.9 Å². The van der Waals surface area contributed by atoms with E-state index in [1.54, 1.807) is 12.1 Å². The fraction of sp³-hybridized carbons (Fsp3) is 0.385. The number of amides is 1. The topological polar surface area (TPSA) is 126 Å². The number of phenols is 1. The maximum atomic E-state index is 11.7. The summed E-state index contributed by atoms with van der Waals surface area (Å²) in [6.07, 6.45) is -0.962. The van der Waals surface area contributed by atoms with E-state index >= 15 is 0 Å². The number of carbonyl (C=O) groups is 2. The van der Waals surface area contributed by atoms with Gasteiger partial charge in [-0.2, -0.15) is 0 Å². The lowest BCUT2D eigenvalue weighted by Crippen LogP contribution is -2.94. The molecule has 0 saturated heterocycles. The average molecular weight is 282 g/mol. The third-order valence-corrected chi connectivity index (χ3v) is 2.60. The van der Waals surface area contributed by atoms with E-state index in [4.69, 9.17) is 5.11 Å². The summed E-state index contributed by atoms with van der Waals surface area (Å²) >= 11 is 0. The Morgan fingerprint density at radius 2 is 2.15 bits per heavy atom. The van der Waals surface area contributed by atoms with Gasteiger partial charge in [0, 0.05) is 11.8 Å². The minimum absolute atomic E-state index is 0.0000750. The van der Waals surface area contributed by atoms with Crippen LogP contribution >= 0.6 is 0 Å². The molecule has 0 fully saturated rings. The van der Waals surface area contributed by atoms with E-state index in [1.807, 2.05) is 0 Å². The number of anilines is 1. The molecule has 0 aliphatic rings. The summed E-state index contributed by atoms with van der Waals surface area (Å²) in [7, 11) is 0. The number of carboxylic acid groups (broad SMARTS) is 1. The Bertz CT molecular complexity index is 476. The van der Waals surface area contributed by atoms with Gasteiger partial charge in [0.1, 0.15) is 18.3 Å². The zero-order valence-electron chi connectivity index (χ0n) is 11.1. The van der Waals surface area contributed by atoms with Crippen LogP contribution in [0.15, 0.2) is 24.3 Å². The van der Waals surface area contributed by atoms with Crippen LogP contribution < -0.4 is 15.7 Å². The average Bonchev–Trinajstić information content (AvgIpc) is 2.33. The minimum Gasteiger partial charge on any atom is -0.544 e. The summed E-state index contributed by atoms with van der Waals surface area (Å²) in [5.41, 5.74) is 0.377. The number of rotatable bonds is 7. The molecule has 0 aliphatic carbocycles. The molecular formula is C13H18N2O5. The number of nitrogens with two attached hydrogens (primary N) is 1. The predicted molar refractivity (Wildman–Crippen MR) is 68.6 cm³/mol. The SMILES string of the molecule is C[C@@H](O)C[NH2+][C@H](CC(=O)Nc1cccc(O)c1)C(=O)[O-]. The number of quaternary nitrogens is 1. The number of carbonyl (C=O) groups excluding carboxylic acids is 2. The van der Waals surface area contributed by atoms with Crippen molar-refractivity contribution in [3.8, 4) is 5.75 Å². The number of benzene rings is 1. The van der Waals surface area contributed by atoms with Crippen LogP contribution in [0.2, 0.25) is 0 Å². The minimum atomic E-state index is -1.36. The second-order valence-corrected chi connectivity index (χ2v) is 4.55. The molecule has 0 radical (unpaired) electrons. The zero-order valence-corrected chi connectivity index (χ0v) is 11.1. The zero-order chi connectivity index (χ0) is 15.1. The number of hydrogen-bond donors (Lipinski definition) is 4. The molecule has 7 nitrogen and oxygen atoms in total. The van der Waals surface area contributed by atoms with Gasteiger partial charge in [-0.1, -0.05) is 6.07 Å². The Hall–Kier alpha value is -2.12. The van der Waals surface area contributed by atoms with Crippen LogP contribution in [-0.4, -0.2) is 40.8 Å². The van der Waals surface area contributed by atoms with Crippen LogP contribution in [0.4, 0.5) is 5.69 Å². The maximum absolute atomic E-state index is 11.7. The van der Waals surface area contributed by atoms with E-state index in [0.717, 1.165) is 0 Å². The van der Waals surface area contributed by atoms with E-state index in [1.165, 1.54) is 24.4 Å². The van der Waals surface area contributed by atoms with Crippen molar-refractivity contribution in [2.24, 2.45) is 0 Å². The lowest BCUT2D eigenvalue weighted by atomic mass is 10.2. The van der Waals surface area contributed by atoms with Gasteiger partial charge >= 0.3 is 0 Å². The first-order valence-corrected chi connectivity index (χ1v) is 6.19. The Morgan fingerprint density at radius 1 is 1.45 bits per heavy atom. The van der Waals surface area contributed by atoms with Crippen LogP contribution in [0.25, 0.3) is 0 Å². The summed E-state index contributed by atoms with van der Waals surface area (Å²) in [6.45, 7) is 1.69. The summed E-state index contributed by atoms with van der Waals surface area (Å²) in [5, 5.41) is 33.1. The molecule has 1 aromatic rings. The number of aliphatic hydroxyl groups is 1. The molecule has 0 aliphatic heterocycles. The molecule has 20 heavy (non-hydrogen) atoms. The smallest absolute Gasteiger partial charge is 0.230 e. The molecule has 1 rings (SSSR count). The molecule has 2 atom stereocenters.